The van der Waals surface area contributed by atoms with Crippen molar-refractivity contribution >= 4 is 40.0 Å². The fourth-order valence-corrected chi connectivity index (χ4v) is 4.85. The smallest absolute Gasteiger partial charge is 0.295 e. The Bertz CT molecular complexity index is 1300. The molecule has 1 amide bonds. The van der Waals surface area contributed by atoms with Gasteiger partial charge in [-0.3, -0.25) is 9.59 Å². The predicted octanol–water partition coefficient (Wildman–Crippen LogP) is 5.55. The van der Waals surface area contributed by atoms with Crippen LogP contribution in [0.5, 0.6) is 5.75 Å². The Morgan fingerprint density at radius 1 is 1.03 bits per heavy atom. The zero-order valence-electron chi connectivity index (χ0n) is 21.3. The summed E-state index contributed by atoms with van der Waals surface area (Å²) in [7, 11) is 3.94. The number of hydrogen-bond donors (Lipinski definition) is 1. The zero-order chi connectivity index (χ0) is 26.5. The third kappa shape index (κ3) is 6.40. The van der Waals surface area contributed by atoms with E-state index in [1.54, 1.807) is 29.2 Å². The quantitative estimate of drug-likeness (QED) is 0.149. The number of rotatable bonds is 9. The number of ketones is 1. The summed E-state index contributed by atoms with van der Waals surface area (Å²) in [5, 5.41) is 11.3. The Balaban J connectivity index is 1.62. The molecule has 6 nitrogen and oxygen atoms in total. The highest BCUT2D eigenvalue weighted by atomic mass is 127. The molecule has 4 rings (SSSR count). The fraction of sp³-hybridized carbons (Fsp3) is 0.267. The first-order valence-electron chi connectivity index (χ1n) is 12.2. The van der Waals surface area contributed by atoms with Crippen LogP contribution in [0.1, 0.15) is 34.7 Å². The average Bonchev–Trinajstić information content (AvgIpc) is 3.13. The molecule has 1 heterocycles. The second-order valence-corrected chi connectivity index (χ2v) is 10.7. The highest BCUT2D eigenvalue weighted by molar-refractivity contribution is 14.1. The van der Waals surface area contributed by atoms with Crippen molar-refractivity contribution in [3.63, 3.8) is 0 Å². The van der Waals surface area contributed by atoms with E-state index in [0.29, 0.717) is 30.9 Å². The maximum atomic E-state index is 13.2. The van der Waals surface area contributed by atoms with Gasteiger partial charge in [-0.1, -0.05) is 42.0 Å². The molecule has 3 aromatic carbocycles. The van der Waals surface area contributed by atoms with Gasteiger partial charge in [0.05, 0.1) is 11.6 Å². The minimum atomic E-state index is -0.661. The molecule has 37 heavy (non-hydrogen) atoms. The number of amides is 1. The van der Waals surface area contributed by atoms with Crippen LogP contribution in [0.25, 0.3) is 5.76 Å². The van der Waals surface area contributed by atoms with Crippen LogP contribution in [0.2, 0.25) is 0 Å². The molecule has 1 fully saturated rings. The minimum Gasteiger partial charge on any atom is -0.507 e. The summed E-state index contributed by atoms with van der Waals surface area (Å²) < 4.78 is 6.94. The molecule has 0 saturated carbocycles. The minimum absolute atomic E-state index is 0.115. The number of nitrogens with zero attached hydrogens (tertiary/aromatic N) is 2. The van der Waals surface area contributed by atoms with Crippen LogP contribution in [0, 0.1) is 10.5 Å². The number of hydrogen-bond acceptors (Lipinski definition) is 5. The number of likely N-dealkylation sites (tertiary alicyclic amines) is 1. The number of Topliss-reactive ketones (excluding diaryl/α,β-unsaturated/α-hetero) is 1. The first-order valence-corrected chi connectivity index (χ1v) is 13.3. The third-order valence-corrected chi connectivity index (χ3v) is 7.06. The van der Waals surface area contributed by atoms with Crippen LogP contribution in [0.3, 0.4) is 0 Å². The molecule has 3 aromatic rings. The van der Waals surface area contributed by atoms with Gasteiger partial charge in [0.25, 0.3) is 11.7 Å². The van der Waals surface area contributed by atoms with Crippen molar-refractivity contribution in [1.82, 2.24) is 9.80 Å². The Morgan fingerprint density at radius 3 is 2.38 bits per heavy atom. The molecule has 7 heteroatoms. The van der Waals surface area contributed by atoms with E-state index in [9.17, 15) is 14.7 Å². The van der Waals surface area contributed by atoms with E-state index in [1.807, 2.05) is 68.4 Å². The van der Waals surface area contributed by atoms with Gasteiger partial charge in [0.15, 0.2) is 0 Å². The molecule has 1 unspecified atom stereocenters. The van der Waals surface area contributed by atoms with Crippen LogP contribution in [0.15, 0.2) is 78.4 Å². The largest absolute Gasteiger partial charge is 0.507 e. The highest BCUT2D eigenvalue weighted by Crippen LogP contribution is 2.39. The molecule has 0 spiro atoms. The van der Waals surface area contributed by atoms with E-state index < -0.39 is 17.7 Å². The number of aliphatic hydroxyl groups is 1. The second-order valence-electron chi connectivity index (χ2n) is 9.50. The van der Waals surface area contributed by atoms with E-state index >= 15 is 0 Å². The Morgan fingerprint density at radius 2 is 1.73 bits per heavy atom. The molecule has 1 atom stereocenters. The second kappa shape index (κ2) is 11.9. The number of aliphatic hydroxyl groups excluding tert-OH is 1. The predicted molar refractivity (Wildman–Crippen MR) is 153 cm³/mol. The average molecular weight is 610 g/mol. The lowest BCUT2D eigenvalue weighted by molar-refractivity contribution is -0.139. The van der Waals surface area contributed by atoms with Crippen molar-refractivity contribution in [2.24, 2.45) is 0 Å². The molecular formula is C30H31IN2O4. The van der Waals surface area contributed by atoms with Crippen molar-refractivity contribution in [2.45, 2.75) is 26.0 Å². The first-order chi connectivity index (χ1) is 17.7. The van der Waals surface area contributed by atoms with Gasteiger partial charge >= 0.3 is 0 Å². The maximum Gasteiger partial charge on any atom is 0.295 e. The number of benzene rings is 3. The molecule has 1 N–H and O–H groups in total. The van der Waals surface area contributed by atoms with Crippen molar-refractivity contribution in [3.05, 3.63) is 104 Å². The third-order valence-electron chi connectivity index (χ3n) is 6.35. The van der Waals surface area contributed by atoms with E-state index in [0.717, 1.165) is 21.2 Å². The molecule has 0 aromatic heterocycles. The molecule has 1 saturated heterocycles. The van der Waals surface area contributed by atoms with Gasteiger partial charge in [0.1, 0.15) is 18.1 Å². The van der Waals surface area contributed by atoms with E-state index in [-0.39, 0.29) is 11.3 Å². The van der Waals surface area contributed by atoms with E-state index in [4.69, 9.17) is 4.74 Å². The normalized spacial score (nSPS) is 17.0. The lowest BCUT2D eigenvalue weighted by atomic mass is 9.95. The number of carbonyl (C=O) groups excluding carboxylic acids is 2. The molecule has 0 aliphatic carbocycles. The lowest BCUT2D eigenvalue weighted by Crippen LogP contribution is -2.32. The standard InChI is InChI=1S/C30H31IN2O4/c1-20-6-4-7-21(18-20)19-37-25-14-10-23(11-15-25)28(34)26-27(22-8-12-24(31)13-9-22)33(30(36)29(26)35)17-5-16-32(2)3/h4,6-15,18,27,34H,5,16-17,19H2,1-3H3/b28-26+. The monoisotopic (exact) mass is 610 g/mol. The molecule has 1 aliphatic heterocycles. The lowest BCUT2D eigenvalue weighted by Gasteiger charge is -2.26. The summed E-state index contributed by atoms with van der Waals surface area (Å²) in [6.45, 7) is 3.67. The van der Waals surface area contributed by atoms with Gasteiger partial charge in [-0.2, -0.15) is 0 Å². The maximum absolute atomic E-state index is 13.2. The van der Waals surface area contributed by atoms with E-state index in [2.05, 4.69) is 28.7 Å². The van der Waals surface area contributed by atoms with Crippen LogP contribution >= 0.6 is 22.6 Å². The first kappa shape index (κ1) is 26.9. The number of ether oxygens (including phenoxy) is 1. The zero-order valence-corrected chi connectivity index (χ0v) is 23.4. The van der Waals surface area contributed by atoms with Crippen LogP contribution < -0.4 is 4.74 Å². The van der Waals surface area contributed by atoms with Gasteiger partial charge in [0, 0.05) is 15.7 Å². The fourth-order valence-electron chi connectivity index (χ4n) is 4.49. The summed E-state index contributed by atoms with van der Waals surface area (Å²) in [4.78, 5) is 29.9. The van der Waals surface area contributed by atoms with Crippen molar-refractivity contribution in [2.75, 3.05) is 27.2 Å². The summed E-state index contributed by atoms with van der Waals surface area (Å²) in [5.41, 5.74) is 3.61. The molecular weight excluding hydrogens is 579 g/mol. The Hall–Kier alpha value is -3.17. The van der Waals surface area contributed by atoms with Crippen molar-refractivity contribution in [1.29, 1.82) is 0 Å². The van der Waals surface area contributed by atoms with Gasteiger partial charge in [-0.15, -0.1) is 0 Å². The molecule has 192 valence electrons. The van der Waals surface area contributed by atoms with Gasteiger partial charge in [-0.25, -0.2) is 0 Å². The van der Waals surface area contributed by atoms with Crippen LogP contribution in [0.4, 0.5) is 0 Å². The molecule has 0 bridgehead atoms. The van der Waals surface area contributed by atoms with Crippen LogP contribution in [-0.2, 0) is 16.2 Å². The summed E-state index contributed by atoms with van der Waals surface area (Å²) in [5.74, 6) is -0.772. The summed E-state index contributed by atoms with van der Waals surface area (Å²) in [6, 6.07) is 22.1. The Kier molecular flexibility index (Phi) is 8.66. The summed E-state index contributed by atoms with van der Waals surface area (Å²) in [6.07, 6.45) is 0.716. The van der Waals surface area contributed by atoms with Crippen molar-refractivity contribution < 1.29 is 19.4 Å². The van der Waals surface area contributed by atoms with Gasteiger partial charge in [-0.05, 0) is 104 Å². The number of halogens is 1. The van der Waals surface area contributed by atoms with E-state index in [1.165, 1.54) is 5.56 Å². The van der Waals surface area contributed by atoms with Crippen LogP contribution in [-0.4, -0.2) is 53.8 Å². The number of aryl methyl sites for hydroxylation is 1. The Labute approximate surface area is 231 Å². The number of carbonyl (C=O) groups is 2. The van der Waals surface area contributed by atoms with Gasteiger partial charge < -0.3 is 19.6 Å². The molecule has 1 aliphatic rings. The van der Waals surface area contributed by atoms with Crippen molar-refractivity contribution in [3.8, 4) is 5.75 Å². The topological polar surface area (TPSA) is 70.1 Å². The summed E-state index contributed by atoms with van der Waals surface area (Å²) >= 11 is 2.22. The SMILES string of the molecule is Cc1cccc(COc2ccc(/C(O)=C3\C(=O)C(=O)N(CCCN(C)C)C3c3ccc(I)cc3)cc2)c1. The molecule has 0 radical (unpaired) electrons. The van der Waals surface area contributed by atoms with Gasteiger partial charge in [0.2, 0.25) is 0 Å². The highest BCUT2D eigenvalue weighted by Gasteiger charge is 2.45.